The molecule has 0 radical (unpaired) electrons. The highest BCUT2D eigenvalue weighted by Gasteiger charge is 2.18. The standard InChI is InChI=1S/C11H11Cl2NO2S/c1-3-8(4-2)14-17(15,16)9-5-6-10(12)11(13)7-9/h1,5-8,14H,4H2,2H3. The lowest BCUT2D eigenvalue weighted by atomic mass is 10.3. The van der Waals surface area contributed by atoms with Crippen LogP contribution < -0.4 is 4.72 Å². The van der Waals surface area contributed by atoms with Crippen molar-refractivity contribution in [1.29, 1.82) is 0 Å². The molecule has 1 aromatic carbocycles. The predicted octanol–water partition coefficient (Wildman–Crippen LogP) is 2.68. The lowest BCUT2D eigenvalue weighted by molar-refractivity contribution is 0.570. The first-order chi connectivity index (χ1) is 7.90. The summed E-state index contributed by atoms with van der Waals surface area (Å²) in [4.78, 5) is 0.0422. The van der Waals surface area contributed by atoms with Crippen LogP contribution in [0, 0.1) is 12.3 Å². The number of sulfonamides is 1. The normalized spacial score (nSPS) is 13.1. The molecule has 0 heterocycles. The van der Waals surface area contributed by atoms with E-state index in [4.69, 9.17) is 29.6 Å². The first kappa shape index (κ1) is 14.3. The van der Waals surface area contributed by atoms with Gasteiger partial charge in [0.25, 0.3) is 0 Å². The fraction of sp³-hybridized carbons (Fsp3) is 0.273. The van der Waals surface area contributed by atoms with Crippen LogP contribution in [-0.4, -0.2) is 14.5 Å². The molecule has 17 heavy (non-hydrogen) atoms. The van der Waals surface area contributed by atoms with Crippen LogP contribution in [0.3, 0.4) is 0 Å². The van der Waals surface area contributed by atoms with E-state index in [-0.39, 0.29) is 9.92 Å². The summed E-state index contributed by atoms with van der Waals surface area (Å²) in [5, 5.41) is 0.484. The van der Waals surface area contributed by atoms with Crippen molar-refractivity contribution in [3.05, 3.63) is 28.2 Å². The van der Waals surface area contributed by atoms with E-state index in [9.17, 15) is 8.42 Å². The summed E-state index contributed by atoms with van der Waals surface area (Å²) in [7, 11) is -3.66. The van der Waals surface area contributed by atoms with E-state index in [1.807, 2.05) is 0 Å². The lowest BCUT2D eigenvalue weighted by Crippen LogP contribution is -2.33. The van der Waals surface area contributed by atoms with E-state index in [1.165, 1.54) is 18.2 Å². The molecule has 0 aliphatic rings. The molecular weight excluding hydrogens is 281 g/mol. The molecule has 0 bridgehead atoms. The maximum absolute atomic E-state index is 11.9. The van der Waals surface area contributed by atoms with E-state index >= 15 is 0 Å². The monoisotopic (exact) mass is 291 g/mol. The number of nitrogens with one attached hydrogen (secondary N) is 1. The van der Waals surface area contributed by atoms with E-state index in [0.717, 1.165) is 0 Å². The predicted molar refractivity (Wildman–Crippen MR) is 69.7 cm³/mol. The van der Waals surface area contributed by atoms with Crippen molar-refractivity contribution in [1.82, 2.24) is 4.72 Å². The molecule has 1 aromatic rings. The maximum Gasteiger partial charge on any atom is 0.241 e. The van der Waals surface area contributed by atoms with Crippen LogP contribution in [0.25, 0.3) is 0 Å². The van der Waals surface area contributed by atoms with Gasteiger partial charge in [-0.15, -0.1) is 6.42 Å². The van der Waals surface area contributed by atoms with E-state index in [1.54, 1.807) is 6.92 Å². The van der Waals surface area contributed by atoms with E-state index in [0.29, 0.717) is 11.4 Å². The molecule has 0 amide bonds. The summed E-state index contributed by atoms with van der Waals surface area (Å²) in [6, 6.07) is 3.55. The second-order valence-corrected chi connectivity index (χ2v) is 5.85. The van der Waals surface area contributed by atoms with Crippen LogP contribution in [0.1, 0.15) is 13.3 Å². The summed E-state index contributed by atoms with van der Waals surface area (Å²) < 4.78 is 26.2. The Kier molecular flexibility index (Phi) is 4.84. The molecule has 92 valence electrons. The minimum absolute atomic E-state index is 0.0422. The maximum atomic E-state index is 11.9. The second kappa shape index (κ2) is 5.74. The Hall–Kier alpha value is -0.730. The Morgan fingerprint density at radius 1 is 1.41 bits per heavy atom. The first-order valence-corrected chi connectivity index (χ1v) is 7.08. The van der Waals surface area contributed by atoms with Gasteiger partial charge >= 0.3 is 0 Å². The highest BCUT2D eigenvalue weighted by atomic mass is 35.5. The fourth-order valence-electron chi connectivity index (χ4n) is 1.13. The van der Waals surface area contributed by atoms with Gasteiger partial charge in [-0.25, -0.2) is 8.42 Å². The summed E-state index contributed by atoms with van der Waals surface area (Å²) in [6.07, 6.45) is 5.71. The van der Waals surface area contributed by atoms with Crippen LogP contribution in [0.2, 0.25) is 10.0 Å². The average Bonchev–Trinajstić information content (AvgIpc) is 2.29. The van der Waals surface area contributed by atoms with Crippen molar-refractivity contribution in [3.8, 4) is 12.3 Å². The topological polar surface area (TPSA) is 46.2 Å². The van der Waals surface area contributed by atoms with Gasteiger partial charge in [-0.05, 0) is 24.6 Å². The molecule has 1 atom stereocenters. The zero-order valence-electron chi connectivity index (χ0n) is 9.07. The number of terminal acetylenes is 1. The SMILES string of the molecule is C#CC(CC)NS(=O)(=O)c1ccc(Cl)c(Cl)c1. The Labute approximate surface area is 111 Å². The quantitative estimate of drug-likeness (QED) is 0.867. The van der Waals surface area contributed by atoms with Crippen molar-refractivity contribution in [2.24, 2.45) is 0 Å². The van der Waals surface area contributed by atoms with Crippen LogP contribution in [0.5, 0.6) is 0 Å². The minimum atomic E-state index is -3.66. The molecule has 1 rings (SSSR count). The van der Waals surface area contributed by atoms with Crippen molar-refractivity contribution in [2.75, 3.05) is 0 Å². The van der Waals surface area contributed by atoms with Gasteiger partial charge in [0, 0.05) is 0 Å². The Morgan fingerprint density at radius 2 is 2.06 bits per heavy atom. The van der Waals surface area contributed by atoms with Gasteiger partial charge in [-0.3, -0.25) is 0 Å². The zero-order valence-corrected chi connectivity index (χ0v) is 11.4. The van der Waals surface area contributed by atoms with Gasteiger partial charge in [-0.1, -0.05) is 36.0 Å². The first-order valence-electron chi connectivity index (χ1n) is 4.84. The van der Waals surface area contributed by atoms with Crippen LogP contribution in [0.15, 0.2) is 23.1 Å². The smallest absolute Gasteiger partial charge is 0.207 e. The third kappa shape index (κ3) is 3.62. The second-order valence-electron chi connectivity index (χ2n) is 3.32. The van der Waals surface area contributed by atoms with Gasteiger partial charge < -0.3 is 0 Å². The summed E-state index contributed by atoms with van der Waals surface area (Å²) >= 11 is 11.5. The van der Waals surface area contributed by atoms with Gasteiger partial charge in [0.05, 0.1) is 21.0 Å². The molecule has 0 fully saturated rings. The molecule has 0 aliphatic carbocycles. The van der Waals surface area contributed by atoms with Crippen molar-refractivity contribution in [2.45, 2.75) is 24.3 Å². The summed E-state index contributed by atoms with van der Waals surface area (Å²) in [6.45, 7) is 1.79. The molecule has 0 spiro atoms. The van der Waals surface area contributed by atoms with Gasteiger partial charge in [0.15, 0.2) is 0 Å². The van der Waals surface area contributed by atoms with E-state index in [2.05, 4.69) is 10.6 Å². The third-order valence-electron chi connectivity index (χ3n) is 2.11. The molecule has 0 aliphatic heterocycles. The molecule has 6 heteroatoms. The van der Waals surface area contributed by atoms with Crippen molar-refractivity contribution < 1.29 is 8.42 Å². The van der Waals surface area contributed by atoms with Crippen molar-refractivity contribution in [3.63, 3.8) is 0 Å². The van der Waals surface area contributed by atoms with Gasteiger partial charge in [-0.2, -0.15) is 4.72 Å². The number of benzene rings is 1. The highest BCUT2D eigenvalue weighted by molar-refractivity contribution is 7.89. The van der Waals surface area contributed by atoms with Gasteiger partial charge in [0.2, 0.25) is 10.0 Å². The minimum Gasteiger partial charge on any atom is -0.207 e. The Morgan fingerprint density at radius 3 is 2.53 bits per heavy atom. The molecule has 0 saturated carbocycles. The zero-order chi connectivity index (χ0) is 13.1. The largest absolute Gasteiger partial charge is 0.241 e. The highest BCUT2D eigenvalue weighted by Crippen LogP contribution is 2.24. The van der Waals surface area contributed by atoms with Crippen LogP contribution >= 0.6 is 23.2 Å². The Balaban J connectivity index is 3.06. The summed E-state index contributed by atoms with van der Waals surface area (Å²) in [5.74, 6) is 2.35. The van der Waals surface area contributed by atoms with Crippen LogP contribution in [0.4, 0.5) is 0 Å². The molecule has 1 unspecified atom stereocenters. The van der Waals surface area contributed by atoms with Crippen molar-refractivity contribution >= 4 is 33.2 Å². The van der Waals surface area contributed by atoms with E-state index < -0.39 is 16.1 Å². The number of hydrogen-bond donors (Lipinski definition) is 1. The molecule has 3 nitrogen and oxygen atoms in total. The average molecular weight is 292 g/mol. The lowest BCUT2D eigenvalue weighted by Gasteiger charge is -2.11. The number of rotatable bonds is 4. The summed E-state index contributed by atoms with van der Waals surface area (Å²) in [5.41, 5.74) is 0. The van der Waals surface area contributed by atoms with Gasteiger partial charge in [0.1, 0.15) is 0 Å². The Bertz CT molecular complexity index is 549. The molecule has 0 aromatic heterocycles. The molecule has 1 N–H and O–H groups in total. The van der Waals surface area contributed by atoms with Crippen LogP contribution in [-0.2, 0) is 10.0 Å². The molecule has 0 saturated heterocycles. The number of hydrogen-bond acceptors (Lipinski definition) is 2. The fourth-order valence-corrected chi connectivity index (χ4v) is 2.76. The number of halogens is 2. The molecular formula is C11H11Cl2NO2S. The third-order valence-corrected chi connectivity index (χ3v) is 4.32.